The number of benzene rings is 1. The van der Waals surface area contributed by atoms with Crippen LogP contribution in [0, 0.1) is 0 Å². The maximum Gasteiger partial charge on any atom is 0.162 e. The van der Waals surface area contributed by atoms with Gasteiger partial charge in [-0.15, -0.1) is 0 Å². The van der Waals surface area contributed by atoms with Gasteiger partial charge in [0, 0.05) is 11.9 Å². The highest BCUT2D eigenvalue weighted by Gasteiger charge is 2.23. The van der Waals surface area contributed by atoms with Crippen LogP contribution in [0.1, 0.15) is 24.4 Å². The molecule has 1 unspecified atom stereocenters. The second-order valence-corrected chi connectivity index (χ2v) is 5.55. The molecule has 0 bridgehead atoms. The molecule has 0 amide bonds. The molecule has 1 aromatic carbocycles. The van der Waals surface area contributed by atoms with Gasteiger partial charge >= 0.3 is 0 Å². The molecular formula is C15H16BrN3O2. The van der Waals surface area contributed by atoms with Crippen LogP contribution >= 0.6 is 15.9 Å². The number of nitrogens with two attached hydrogens (primary N) is 1. The van der Waals surface area contributed by atoms with Gasteiger partial charge < -0.3 is 14.9 Å². The number of nitrogens with zero attached hydrogens (tertiary/aromatic N) is 2. The number of methoxy groups -OCH3 is 1. The fraction of sp³-hybridized carbons (Fsp3) is 0.267. The summed E-state index contributed by atoms with van der Waals surface area (Å²) in [6.45, 7) is 2.73. The molecule has 0 saturated carbocycles. The summed E-state index contributed by atoms with van der Waals surface area (Å²) in [5, 5.41) is 5.29. The first kappa shape index (κ1) is 14.2. The zero-order valence-corrected chi connectivity index (χ0v) is 13.4. The summed E-state index contributed by atoms with van der Waals surface area (Å²) in [4.78, 5) is 0. The smallest absolute Gasteiger partial charge is 0.162 e. The molecule has 0 aliphatic carbocycles. The number of fused-ring (bicyclic) bond motifs is 1. The monoisotopic (exact) mass is 349 g/mol. The standard InChI is InChI=1S/C15H16BrN3O2/c1-3-19-14(12(20-2)8-18-19)13(17)11-7-9-5-4-6-10(16)15(9)21-11/h4-8,13H,3,17H2,1-2H3. The average Bonchev–Trinajstić information content (AvgIpc) is 3.10. The first-order valence-electron chi connectivity index (χ1n) is 6.69. The van der Waals surface area contributed by atoms with Crippen LogP contribution in [-0.4, -0.2) is 16.9 Å². The van der Waals surface area contributed by atoms with Gasteiger partial charge in [0.2, 0.25) is 0 Å². The minimum absolute atomic E-state index is 0.429. The molecule has 0 aliphatic heterocycles. The Hall–Kier alpha value is -1.79. The first-order chi connectivity index (χ1) is 10.2. The van der Waals surface area contributed by atoms with Crippen molar-refractivity contribution in [3.8, 4) is 5.75 Å². The molecule has 2 aromatic heterocycles. The summed E-state index contributed by atoms with van der Waals surface area (Å²) in [5.41, 5.74) is 7.99. The van der Waals surface area contributed by atoms with Crippen molar-refractivity contribution in [1.29, 1.82) is 0 Å². The van der Waals surface area contributed by atoms with Crippen LogP contribution in [0.3, 0.4) is 0 Å². The number of para-hydroxylation sites is 1. The topological polar surface area (TPSA) is 66.2 Å². The molecule has 1 atom stereocenters. The van der Waals surface area contributed by atoms with Crippen LogP contribution in [0.25, 0.3) is 11.0 Å². The van der Waals surface area contributed by atoms with Crippen LogP contribution in [0.15, 0.2) is 39.4 Å². The number of halogens is 1. The molecule has 0 aliphatic rings. The Morgan fingerprint density at radius 1 is 1.48 bits per heavy atom. The largest absolute Gasteiger partial charge is 0.493 e. The normalized spacial score (nSPS) is 12.8. The molecule has 0 spiro atoms. The van der Waals surface area contributed by atoms with Gasteiger partial charge in [0.15, 0.2) is 5.75 Å². The van der Waals surface area contributed by atoms with Crippen LogP contribution in [0.5, 0.6) is 5.75 Å². The van der Waals surface area contributed by atoms with Gasteiger partial charge in [0.25, 0.3) is 0 Å². The van der Waals surface area contributed by atoms with E-state index in [0.717, 1.165) is 27.7 Å². The van der Waals surface area contributed by atoms with E-state index in [0.29, 0.717) is 11.5 Å². The van der Waals surface area contributed by atoms with Crippen molar-refractivity contribution in [3.63, 3.8) is 0 Å². The highest BCUT2D eigenvalue weighted by molar-refractivity contribution is 9.10. The third-order valence-corrected chi connectivity index (χ3v) is 4.11. The van der Waals surface area contributed by atoms with E-state index < -0.39 is 6.04 Å². The first-order valence-corrected chi connectivity index (χ1v) is 7.48. The summed E-state index contributed by atoms with van der Waals surface area (Å²) >= 11 is 3.49. The molecule has 5 nitrogen and oxygen atoms in total. The Labute approximate surface area is 130 Å². The van der Waals surface area contributed by atoms with Gasteiger partial charge in [0.05, 0.1) is 17.8 Å². The van der Waals surface area contributed by atoms with E-state index in [9.17, 15) is 0 Å². The van der Waals surface area contributed by atoms with Crippen molar-refractivity contribution in [2.24, 2.45) is 5.73 Å². The lowest BCUT2D eigenvalue weighted by molar-refractivity contribution is 0.399. The quantitative estimate of drug-likeness (QED) is 0.783. The number of aromatic nitrogens is 2. The van der Waals surface area contributed by atoms with Gasteiger partial charge in [-0.2, -0.15) is 5.10 Å². The SMILES string of the molecule is CCn1ncc(OC)c1C(N)c1cc2cccc(Br)c2o1. The third kappa shape index (κ3) is 2.34. The van der Waals surface area contributed by atoms with Gasteiger partial charge in [0.1, 0.15) is 23.1 Å². The van der Waals surface area contributed by atoms with Crippen molar-refractivity contribution in [1.82, 2.24) is 9.78 Å². The second kappa shape index (κ2) is 5.54. The molecule has 2 heterocycles. The lowest BCUT2D eigenvalue weighted by atomic mass is 10.1. The van der Waals surface area contributed by atoms with Gasteiger partial charge in [-0.25, -0.2) is 0 Å². The summed E-state index contributed by atoms with van der Waals surface area (Å²) in [7, 11) is 1.61. The second-order valence-electron chi connectivity index (χ2n) is 4.70. The fourth-order valence-electron chi connectivity index (χ4n) is 2.44. The van der Waals surface area contributed by atoms with E-state index in [1.54, 1.807) is 13.3 Å². The minimum Gasteiger partial charge on any atom is -0.493 e. The Bertz CT molecular complexity index is 757. The highest BCUT2D eigenvalue weighted by Crippen LogP contribution is 2.33. The van der Waals surface area contributed by atoms with Crippen LogP contribution in [0.2, 0.25) is 0 Å². The number of hydrogen-bond donors (Lipinski definition) is 1. The molecular weight excluding hydrogens is 334 g/mol. The minimum atomic E-state index is -0.429. The predicted molar refractivity (Wildman–Crippen MR) is 84.4 cm³/mol. The van der Waals surface area contributed by atoms with E-state index in [1.807, 2.05) is 35.9 Å². The predicted octanol–water partition coefficient (Wildman–Crippen LogP) is 3.47. The lowest BCUT2D eigenvalue weighted by Gasteiger charge is -2.12. The maximum atomic E-state index is 6.38. The van der Waals surface area contributed by atoms with Gasteiger partial charge in [-0.05, 0) is 35.0 Å². The Morgan fingerprint density at radius 2 is 2.29 bits per heavy atom. The van der Waals surface area contributed by atoms with Crippen molar-refractivity contribution in [3.05, 3.63) is 46.4 Å². The number of furan rings is 1. The number of aryl methyl sites for hydroxylation is 1. The number of rotatable bonds is 4. The van der Waals surface area contributed by atoms with Gasteiger partial charge in [-0.3, -0.25) is 4.68 Å². The van der Waals surface area contributed by atoms with Crippen molar-refractivity contribution in [2.75, 3.05) is 7.11 Å². The molecule has 3 aromatic rings. The number of ether oxygens (including phenoxy) is 1. The Morgan fingerprint density at radius 3 is 2.95 bits per heavy atom. The van der Waals surface area contributed by atoms with Crippen LogP contribution in [-0.2, 0) is 6.54 Å². The summed E-state index contributed by atoms with van der Waals surface area (Å²) in [6.07, 6.45) is 1.68. The van der Waals surface area contributed by atoms with Crippen molar-refractivity contribution < 1.29 is 9.15 Å². The highest BCUT2D eigenvalue weighted by atomic mass is 79.9. The molecule has 6 heteroatoms. The fourth-order valence-corrected chi connectivity index (χ4v) is 2.90. The van der Waals surface area contributed by atoms with E-state index in [2.05, 4.69) is 21.0 Å². The van der Waals surface area contributed by atoms with E-state index in [4.69, 9.17) is 14.9 Å². The molecule has 21 heavy (non-hydrogen) atoms. The number of hydrogen-bond acceptors (Lipinski definition) is 4. The summed E-state index contributed by atoms with van der Waals surface area (Å²) < 4.78 is 14.0. The van der Waals surface area contributed by atoms with Crippen LogP contribution < -0.4 is 10.5 Å². The molecule has 110 valence electrons. The zero-order valence-electron chi connectivity index (χ0n) is 11.8. The Balaban J connectivity index is 2.10. The Kier molecular flexibility index (Phi) is 3.73. The summed E-state index contributed by atoms with van der Waals surface area (Å²) in [6, 6.07) is 7.43. The maximum absolute atomic E-state index is 6.38. The zero-order chi connectivity index (χ0) is 15.0. The molecule has 2 N–H and O–H groups in total. The van der Waals surface area contributed by atoms with Crippen molar-refractivity contribution >= 4 is 26.9 Å². The van der Waals surface area contributed by atoms with Gasteiger partial charge in [-0.1, -0.05) is 12.1 Å². The van der Waals surface area contributed by atoms with Crippen molar-refractivity contribution in [2.45, 2.75) is 19.5 Å². The average molecular weight is 350 g/mol. The van der Waals surface area contributed by atoms with E-state index in [1.165, 1.54) is 0 Å². The molecule has 3 rings (SSSR count). The molecule has 0 fully saturated rings. The lowest BCUT2D eigenvalue weighted by Crippen LogP contribution is -2.17. The van der Waals surface area contributed by atoms with E-state index >= 15 is 0 Å². The summed E-state index contributed by atoms with van der Waals surface area (Å²) in [5.74, 6) is 1.36. The molecule has 0 radical (unpaired) electrons. The third-order valence-electron chi connectivity index (χ3n) is 3.48. The molecule has 0 saturated heterocycles. The van der Waals surface area contributed by atoms with Crippen LogP contribution in [0.4, 0.5) is 0 Å². The van der Waals surface area contributed by atoms with E-state index in [-0.39, 0.29) is 0 Å².